The second-order valence-electron chi connectivity index (χ2n) is 11.7. The van der Waals surface area contributed by atoms with Gasteiger partial charge in [0.2, 0.25) is 11.8 Å². The Hall–Kier alpha value is -4.87. The number of nitrogens with zero attached hydrogens (tertiary/aromatic N) is 2. The van der Waals surface area contributed by atoms with Gasteiger partial charge in [0.05, 0.1) is 11.8 Å². The van der Waals surface area contributed by atoms with Crippen LogP contribution in [0.5, 0.6) is 0 Å². The summed E-state index contributed by atoms with van der Waals surface area (Å²) in [5, 5.41) is 28.7. The van der Waals surface area contributed by atoms with Crippen molar-refractivity contribution in [3.05, 3.63) is 96.3 Å². The molecule has 0 radical (unpaired) electrons. The van der Waals surface area contributed by atoms with Crippen molar-refractivity contribution >= 4 is 40.5 Å². The number of hydrogen-bond acceptors (Lipinski definition) is 7. The number of carbonyl (C=O) groups is 4. The summed E-state index contributed by atoms with van der Waals surface area (Å²) in [7, 11) is 0. The highest BCUT2D eigenvalue weighted by Gasteiger charge is 2.31. The number of benzene rings is 2. The third-order valence-corrected chi connectivity index (χ3v) is 8.13. The minimum Gasteiger partial charge on any atom is -0.480 e. The Morgan fingerprint density at radius 1 is 1.06 bits per heavy atom. The van der Waals surface area contributed by atoms with E-state index < -0.39 is 42.0 Å². The summed E-state index contributed by atoms with van der Waals surface area (Å²) in [5.74, 6) is -2.35. The van der Waals surface area contributed by atoms with E-state index in [-0.39, 0.29) is 12.3 Å². The zero-order valence-corrected chi connectivity index (χ0v) is 26.6. The summed E-state index contributed by atoms with van der Waals surface area (Å²) in [5.41, 5.74) is 5.27. The molecule has 248 valence electrons. The van der Waals surface area contributed by atoms with Gasteiger partial charge in [0.1, 0.15) is 18.1 Å². The highest BCUT2D eigenvalue weighted by Crippen LogP contribution is 2.24. The molecular weight excluding hydrogens is 598 g/mol. The number of carbonyl (C=O) groups excluding carboxylic acids is 3. The third kappa shape index (κ3) is 10.3. The number of fused-ring (bicyclic) bond motifs is 1. The van der Waals surface area contributed by atoms with E-state index in [0.29, 0.717) is 45.1 Å². The highest BCUT2D eigenvalue weighted by molar-refractivity contribution is 5.92. The molecule has 0 spiro atoms. The lowest BCUT2D eigenvalue weighted by atomic mass is 10.0. The Labute approximate surface area is 274 Å². The summed E-state index contributed by atoms with van der Waals surface area (Å²) in [6.45, 7) is 5.62. The first-order chi connectivity index (χ1) is 22.6. The predicted octanol–water partition coefficient (Wildman–Crippen LogP) is 3.84. The molecule has 2 aromatic carbocycles. The Morgan fingerprint density at radius 2 is 1.85 bits per heavy atom. The summed E-state index contributed by atoms with van der Waals surface area (Å²) in [4.78, 5) is 54.9. The van der Waals surface area contributed by atoms with Gasteiger partial charge in [-0.15, -0.1) is 0 Å². The molecular formula is C36H43N5O6. The molecule has 2 heterocycles. The van der Waals surface area contributed by atoms with E-state index in [2.05, 4.69) is 27.6 Å². The van der Waals surface area contributed by atoms with E-state index in [9.17, 15) is 29.4 Å². The first-order valence-electron chi connectivity index (χ1n) is 15.9. The van der Waals surface area contributed by atoms with Gasteiger partial charge in [-0.25, -0.2) is 5.43 Å². The summed E-state index contributed by atoms with van der Waals surface area (Å²) in [6, 6.07) is 14.6. The van der Waals surface area contributed by atoms with Crippen LogP contribution in [0.25, 0.3) is 16.8 Å². The Morgan fingerprint density at radius 3 is 2.60 bits per heavy atom. The maximum absolute atomic E-state index is 13.3. The lowest BCUT2D eigenvalue weighted by Crippen LogP contribution is -2.60. The molecule has 3 aromatic rings. The number of aryl methyl sites for hydroxylation is 1. The number of rotatable bonds is 15. The van der Waals surface area contributed by atoms with Crippen LogP contribution in [0.3, 0.4) is 0 Å². The van der Waals surface area contributed by atoms with Crippen molar-refractivity contribution in [2.75, 3.05) is 6.54 Å². The van der Waals surface area contributed by atoms with Crippen molar-refractivity contribution in [2.45, 2.75) is 76.1 Å². The number of carboxylic acids is 1. The lowest BCUT2D eigenvalue weighted by Gasteiger charge is -2.33. The van der Waals surface area contributed by atoms with E-state index in [0.717, 1.165) is 27.6 Å². The molecule has 3 amide bonds. The molecule has 1 saturated heterocycles. The number of nitrogens with one attached hydrogen (secondary N) is 3. The van der Waals surface area contributed by atoms with Gasteiger partial charge >= 0.3 is 5.97 Å². The van der Waals surface area contributed by atoms with Gasteiger partial charge in [0.15, 0.2) is 0 Å². The van der Waals surface area contributed by atoms with Gasteiger partial charge in [0, 0.05) is 24.5 Å². The molecule has 0 unspecified atom stereocenters. The molecule has 1 aliphatic rings. The zero-order valence-electron chi connectivity index (χ0n) is 26.6. The van der Waals surface area contributed by atoms with Crippen LogP contribution in [0, 0.1) is 0 Å². The smallest absolute Gasteiger partial charge is 0.322 e. The molecule has 4 rings (SSSR count). The number of pyridine rings is 1. The fraction of sp³-hybridized carbons (Fsp3) is 0.361. The molecule has 11 heteroatoms. The second-order valence-corrected chi connectivity index (χ2v) is 11.7. The van der Waals surface area contributed by atoms with Gasteiger partial charge in [-0.2, -0.15) is 0 Å². The van der Waals surface area contributed by atoms with Crippen LogP contribution >= 0.6 is 0 Å². The molecule has 1 aliphatic heterocycles. The largest absolute Gasteiger partial charge is 0.480 e. The van der Waals surface area contributed by atoms with Crippen LogP contribution < -0.4 is 16.1 Å². The van der Waals surface area contributed by atoms with E-state index >= 15 is 0 Å². The van der Waals surface area contributed by atoms with Crippen LogP contribution in [0.1, 0.15) is 68.4 Å². The fourth-order valence-corrected chi connectivity index (χ4v) is 5.43. The minimum atomic E-state index is -1.04. The number of hydrogen-bond donors (Lipinski definition) is 5. The number of allylic oxidation sites excluding steroid dienone is 1. The van der Waals surface area contributed by atoms with Gasteiger partial charge in [0.25, 0.3) is 5.91 Å². The van der Waals surface area contributed by atoms with Crippen molar-refractivity contribution in [1.82, 2.24) is 26.1 Å². The Bertz CT molecular complexity index is 1590. The SMILES string of the molecule is C=Cc1cc2cc([C@H](O)CC/C=C/CC(=O)N[C@@H](CCc3ccccc3)C(=O)N[C@@H](C)C(=O)N3CCC[C@@H](C(=O)O)N3)ccc2cn1. The molecule has 47 heavy (non-hydrogen) atoms. The molecule has 4 atom stereocenters. The molecule has 5 N–H and O–H groups in total. The Balaban J connectivity index is 1.30. The lowest BCUT2D eigenvalue weighted by molar-refractivity contribution is -0.148. The first kappa shape index (κ1) is 35.0. The number of carboxylic acid groups (broad SMARTS) is 1. The van der Waals surface area contributed by atoms with Crippen molar-refractivity contribution in [2.24, 2.45) is 0 Å². The van der Waals surface area contributed by atoms with Crippen LogP contribution in [0.2, 0.25) is 0 Å². The Kier molecular flexibility index (Phi) is 12.8. The highest BCUT2D eigenvalue weighted by atomic mass is 16.4. The van der Waals surface area contributed by atoms with Gasteiger partial charge in [-0.3, -0.25) is 29.2 Å². The van der Waals surface area contributed by atoms with Crippen LogP contribution in [0.15, 0.2) is 79.5 Å². The van der Waals surface area contributed by atoms with Crippen molar-refractivity contribution in [1.29, 1.82) is 0 Å². The molecule has 0 saturated carbocycles. The van der Waals surface area contributed by atoms with Crippen LogP contribution in [-0.2, 0) is 25.6 Å². The monoisotopic (exact) mass is 641 g/mol. The average molecular weight is 642 g/mol. The van der Waals surface area contributed by atoms with Crippen molar-refractivity contribution in [3.8, 4) is 0 Å². The maximum Gasteiger partial charge on any atom is 0.322 e. The molecule has 1 fully saturated rings. The van der Waals surface area contributed by atoms with Crippen molar-refractivity contribution < 1.29 is 29.4 Å². The quantitative estimate of drug-likeness (QED) is 0.157. The topological polar surface area (TPSA) is 161 Å². The predicted molar refractivity (Wildman–Crippen MR) is 180 cm³/mol. The first-order valence-corrected chi connectivity index (χ1v) is 15.9. The van der Waals surface area contributed by atoms with E-state index in [1.54, 1.807) is 18.3 Å². The van der Waals surface area contributed by atoms with Crippen molar-refractivity contribution in [3.63, 3.8) is 0 Å². The number of aliphatic hydroxyl groups excluding tert-OH is 1. The molecule has 0 bridgehead atoms. The number of aliphatic carboxylic acids is 1. The summed E-state index contributed by atoms with van der Waals surface area (Å²) >= 11 is 0. The zero-order chi connectivity index (χ0) is 33.8. The van der Waals surface area contributed by atoms with Gasteiger partial charge in [-0.05, 0) is 80.2 Å². The standard InChI is InChI=1S/C36H43N5O6/c1-3-29-22-28-21-26(17-18-27(28)23-37-29)32(42)14-8-5-9-15-33(43)39-30(19-16-25-11-6-4-7-12-25)34(44)38-24(2)35(45)41-20-10-13-31(40-41)36(46)47/h3-7,9,11-12,17-18,21-24,30-32,40,42H,1,8,10,13-16,19-20H2,2H3,(H,38,44)(H,39,43)(H,46,47)/b9-5+/t24-,30-,31-,32+/m0/s1. The third-order valence-electron chi connectivity index (χ3n) is 8.13. The van der Waals surface area contributed by atoms with Crippen LogP contribution in [-0.4, -0.2) is 68.6 Å². The van der Waals surface area contributed by atoms with Gasteiger partial charge < -0.3 is 20.8 Å². The normalized spacial score (nSPS) is 16.7. The second kappa shape index (κ2) is 17.2. The fourth-order valence-electron chi connectivity index (χ4n) is 5.43. The van der Waals surface area contributed by atoms with E-state index in [4.69, 9.17) is 0 Å². The minimum absolute atomic E-state index is 0.0429. The van der Waals surface area contributed by atoms with Crippen LogP contribution in [0.4, 0.5) is 0 Å². The summed E-state index contributed by atoms with van der Waals surface area (Å²) < 4.78 is 0. The number of aromatic nitrogens is 1. The molecule has 1 aromatic heterocycles. The molecule has 11 nitrogen and oxygen atoms in total. The number of hydrazine groups is 1. The average Bonchev–Trinajstić information content (AvgIpc) is 3.09. The molecule has 0 aliphatic carbocycles. The van der Waals surface area contributed by atoms with E-state index in [1.807, 2.05) is 60.7 Å². The number of aliphatic hydroxyl groups is 1. The van der Waals surface area contributed by atoms with Gasteiger partial charge in [-0.1, -0.05) is 61.2 Å². The number of amides is 3. The maximum atomic E-state index is 13.3. The summed E-state index contributed by atoms with van der Waals surface area (Å²) in [6.07, 6.45) is 9.16. The van der Waals surface area contributed by atoms with E-state index in [1.165, 1.54) is 11.9 Å².